The number of hydrogen-bond donors (Lipinski definition) is 0. The van der Waals surface area contributed by atoms with E-state index in [1.165, 1.54) is 87.4 Å². The van der Waals surface area contributed by atoms with E-state index in [-0.39, 0.29) is 10.8 Å². The molecule has 62 heavy (non-hydrogen) atoms. The molecule has 308 valence electrons. The van der Waals surface area contributed by atoms with Crippen LogP contribution in [0.2, 0.25) is 0 Å². The normalized spacial score (nSPS) is 13.9. The Morgan fingerprint density at radius 1 is 0.452 bits per heavy atom. The zero-order chi connectivity index (χ0) is 42.6. The molecule has 0 N–H and O–H groups in total. The number of para-hydroxylation sites is 3. The van der Waals surface area contributed by atoms with Gasteiger partial charge in [-0.15, -0.1) is 0 Å². The van der Waals surface area contributed by atoms with E-state index in [4.69, 9.17) is 4.42 Å². The highest BCUT2D eigenvalue weighted by Gasteiger charge is 2.26. The topological polar surface area (TPSA) is 16.4 Å². The Bertz CT molecular complexity index is 3030. The van der Waals surface area contributed by atoms with Crippen LogP contribution in [0.5, 0.6) is 0 Å². The highest BCUT2D eigenvalue weighted by molar-refractivity contribution is 6.12. The third-order valence-electron chi connectivity index (χ3n) is 13.4. The van der Waals surface area contributed by atoms with E-state index >= 15 is 0 Å². The van der Waals surface area contributed by atoms with Gasteiger partial charge in [0.25, 0.3) is 0 Å². The quantitative estimate of drug-likeness (QED) is 0.159. The van der Waals surface area contributed by atoms with E-state index in [2.05, 4.69) is 210 Å². The Labute approximate surface area is 367 Å². The monoisotopic (exact) mass is 807 g/mol. The molecule has 1 heterocycles. The zero-order valence-corrected chi connectivity index (χ0v) is 37.1. The summed E-state index contributed by atoms with van der Waals surface area (Å²) in [5.74, 6) is 0.578. The second kappa shape index (κ2) is 15.8. The smallest absolute Gasteiger partial charge is 0.136 e. The summed E-state index contributed by atoms with van der Waals surface area (Å²) in [4.78, 5) is 2.52. The Morgan fingerprint density at radius 2 is 1.02 bits per heavy atom. The molecule has 0 radical (unpaired) electrons. The second-order valence-electron chi connectivity index (χ2n) is 19.6. The summed E-state index contributed by atoms with van der Waals surface area (Å²) in [5, 5.41) is 5.00. The summed E-state index contributed by atoms with van der Waals surface area (Å²) >= 11 is 0. The lowest BCUT2D eigenvalue weighted by Crippen LogP contribution is -2.17. The summed E-state index contributed by atoms with van der Waals surface area (Å²) in [6.07, 6.45) is 6.47. The molecule has 0 bridgehead atoms. The lowest BCUT2D eigenvalue weighted by atomic mass is 9.78. The molecule has 8 aromatic carbocycles. The minimum Gasteiger partial charge on any atom is -0.456 e. The van der Waals surface area contributed by atoms with Crippen LogP contribution in [-0.2, 0) is 10.8 Å². The van der Waals surface area contributed by atoms with Crippen molar-refractivity contribution in [3.05, 3.63) is 187 Å². The summed E-state index contributed by atoms with van der Waals surface area (Å²) in [6.45, 7) is 14.0. The van der Waals surface area contributed by atoms with Crippen molar-refractivity contribution < 1.29 is 4.42 Å². The first-order chi connectivity index (χ1) is 30.0. The maximum Gasteiger partial charge on any atom is 0.136 e. The lowest BCUT2D eigenvalue weighted by molar-refractivity contribution is 0.445. The predicted molar refractivity (Wildman–Crippen MR) is 265 cm³/mol. The van der Waals surface area contributed by atoms with Gasteiger partial charge >= 0.3 is 0 Å². The van der Waals surface area contributed by atoms with Crippen LogP contribution < -0.4 is 4.90 Å². The molecule has 0 unspecified atom stereocenters. The maximum atomic E-state index is 6.33. The predicted octanol–water partition coefficient (Wildman–Crippen LogP) is 17.9. The zero-order valence-electron chi connectivity index (χ0n) is 37.1. The molecule has 0 atom stereocenters. The molecule has 1 aliphatic carbocycles. The van der Waals surface area contributed by atoms with Crippen molar-refractivity contribution in [3.8, 4) is 33.4 Å². The molecule has 0 amide bonds. The van der Waals surface area contributed by atoms with Crippen LogP contribution in [0.4, 0.5) is 17.1 Å². The highest BCUT2D eigenvalue weighted by atomic mass is 16.3. The SMILES string of the molecule is CC(C)(C)c1cc(-c2ccccc2N(c2ccc(-c3cccc4oc5ccccc5c34)cc2)c2ccccc2-c2cccc3cccc(C4CCCCC4)c23)cc(C(C)(C)C)c1. The molecule has 9 aromatic rings. The molecule has 0 spiro atoms. The molecule has 2 nitrogen and oxygen atoms in total. The summed E-state index contributed by atoms with van der Waals surface area (Å²) in [7, 11) is 0. The van der Waals surface area contributed by atoms with E-state index in [1.807, 2.05) is 6.07 Å². The van der Waals surface area contributed by atoms with Crippen LogP contribution >= 0.6 is 0 Å². The number of nitrogens with zero attached hydrogens (tertiary/aromatic N) is 1. The van der Waals surface area contributed by atoms with E-state index in [0.717, 1.165) is 44.6 Å². The van der Waals surface area contributed by atoms with Gasteiger partial charge in [0.1, 0.15) is 11.2 Å². The van der Waals surface area contributed by atoms with Gasteiger partial charge in [0.05, 0.1) is 11.4 Å². The van der Waals surface area contributed by atoms with Crippen LogP contribution in [0.15, 0.2) is 174 Å². The Hall–Kier alpha value is -6.38. The average Bonchev–Trinajstić information content (AvgIpc) is 3.68. The first-order valence-electron chi connectivity index (χ1n) is 22.7. The molecule has 0 aliphatic heterocycles. The van der Waals surface area contributed by atoms with E-state index in [9.17, 15) is 0 Å². The van der Waals surface area contributed by atoms with Crippen molar-refractivity contribution in [2.24, 2.45) is 0 Å². The fraction of sp³-hybridized carbons (Fsp3) is 0.233. The number of fused-ring (bicyclic) bond motifs is 4. The Balaban J connectivity index is 1.21. The molecular weight excluding hydrogens is 751 g/mol. The molecule has 1 aromatic heterocycles. The highest BCUT2D eigenvalue weighted by Crippen LogP contribution is 2.49. The largest absolute Gasteiger partial charge is 0.456 e. The van der Waals surface area contributed by atoms with Gasteiger partial charge in [0, 0.05) is 27.6 Å². The molecule has 0 saturated heterocycles. The third-order valence-corrected chi connectivity index (χ3v) is 13.4. The van der Waals surface area contributed by atoms with E-state index in [1.54, 1.807) is 0 Å². The van der Waals surface area contributed by atoms with E-state index in [0.29, 0.717) is 5.92 Å². The van der Waals surface area contributed by atoms with Crippen molar-refractivity contribution in [1.29, 1.82) is 0 Å². The van der Waals surface area contributed by atoms with Gasteiger partial charge in [-0.2, -0.15) is 0 Å². The molecule has 1 fully saturated rings. The first kappa shape index (κ1) is 39.7. The lowest BCUT2D eigenvalue weighted by Gasteiger charge is -2.31. The van der Waals surface area contributed by atoms with E-state index < -0.39 is 0 Å². The number of furan rings is 1. The summed E-state index contributed by atoms with van der Waals surface area (Å²) in [6, 6.07) is 63.3. The van der Waals surface area contributed by atoms with Crippen molar-refractivity contribution in [1.82, 2.24) is 0 Å². The van der Waals surface area contributed by atoms with Gasteiger partial charge in [0.2, 0.25) is 0 Å². The Morgan fingerprint density at radius 3 is 1.73 bits per heavy atom. The fourth-order valence-electron chi connectivity index (χ4n) is 10.0. The second-order valence-corrected chi connectivity index (χ2v) is 19.6. The molecule has 1 saturated carbocycles. The standard InChI is InChI=1S/C60H57NO/c1-59(2,3)44-37-43(38-45(39-44)60(4,5)6)47-23-10-13-29-53(47)61(46-35-33-41(34-36-46)49-27-18-32-56-58(49)52-25-12-15-31-55(52)62-56)54-30-14-11-24-50(54)51-28-17-22-42-21-16-26-48(57(42)51)40-19-8-7-9-20-40/h10-18,21-40H,7-9,19-20H2,1-6H3. The van der Waals surface area contributed by atoms with Crippen molar-refractivity contribution in [3.63, 3.8) is 0 Å². The molecule has 10 rings (SSSR count). The minimum absolute atomic E-state index is 0.0132. The van der Waals surface area contributed by atoms with Crippen LogP contribution in [0.25, 0.3) is 66.1 Å². The molecule has 2 heteroatoms. The van der Waals surface area contributed by atoms with Crippen molar-refractivity contribution in [2.75, 3.05) is 4.90 Å². The van der Waals surface area contributed by atoms with Crippen molar-refractivity contribution in [2.45, 2.75) is 90.4 Å². The molecular formula is C60H57NO. The van der Waals surface area contributed by atoms with Crippen LogP contribution in [0, 0.1) is 0 Å². The van der Waals surface area contributed by atoms with Gasteiger partial charge in [0.15, 0.2) is 0 Å². The average molecular weight is 808 g/mol. The Kier molecular flexibility index (Phi) is 10.1. The van der Waals surface area contributed by atoms with Crippen LogP contribution in [0.1, 0.15) is 96.3 Å². The van der Waals surface area contributed by atoms with Gasteiger partial charge in [-0.05, 0) is 116 Å². The van der Waals surface area contributed by atoms with Gasteiger partial charge in [-0.3, -0.25) is 0 Å². The number of hydrogen-bond acceptors (Lipinski definition) is 2. The fourth-order valence-corrected chi connectivity index (χ4v) is 10.0. The minimum atomic E-state index is -0.0132. The van der Waals surface area contributed by atoms with Gasteiger partial charge < -0.3 is 9.32 Å². The van der Waals surface area contributed by atoms with Crippen LogP contribution in [0.3, 0.4) is 0 Å². The van der Waals surface area contributed by atoms with Gasteiger partial charge in [-0.1, -0.05) is 194 Å². The van der Waals surface area contributed by atoms with Crippen LogP contribution in [-0.4, -0.2) is 0 Å². The summed E-state index contributed by atoms with van der Waals surface area (Å²) in [5.41, 5.74) is 16.7. The first-order valence-corrected chi connectivity index (χ1v) is 22.7. The maximum absolute atomic E-state index is 6.33. The summed E-state index contributed by atoms with van der Waals surface area (Å²) < 4.78 is 6.33. The van der Waals surface area contributed by atoms with Gasteiger partial charge in [-0.25, -0.2) is 0 Å². The van der Waals surface area contributed by atoms with Crippen molar-refractivity contribution >= 4 is 49.8 Å². The third kappa shape index (κ3) is 7.30. The number of anilines is 3. The number of rotatable bonds is 7. The number of benzene rings is 8. The molecule has 1 aliphatic rings.